The summed E-state index contributed by atoms with van der Waals surface area (Å²) < 4.78 is 10.9. The molecule has 1 fully saturated rings. The Labute approximate surface area is 187 Å². The van der Waals surface area contributed by atoms with E-state index in [4.69, 9.17) is 9.47 Å². The van der Waals surface area contributed by atoms with Crippen LogP contribution in [0.2, 0.25) is 0 Å². The lowest BCUT2D eigenvalue weighted by molar-refractivity contribution is -0.118. The van der Waals surface area contributed by atoms with Crippen LogP contribution in [0.3, 0.4) is 0 Å². The molecule has 0 saturated carbocycles. The van der Waals surface area contributed by atoms with Crippen LogP contribution in [0, 0.1) is 13.8 Å². The minimum absolute atomic E-state index is 0.0511. The van der Waals surface area contributed by atoms with Gasteiger partial charge >= 0.3 is 0 Å². The number of nitrogens with zero attached hydrogens (tertiary/aromatic N) is 3. The van der Waals surface area contributed by atoms with Gasteiger partial charge in [0.15, 0.2) is 6.61 Å². The fourth-order valence-corrected chi connectivity index (χ4v) is 3.31. The summed E-state index contributed by atoms with van der Waals surface area (Å²) in [7, 11) is 0. The number of carbonyl (C=O) groups is 1. The molecule has 1 aromatic heterocycles. The van der Waals surface area contributed by atoms with Crippen LogP contribution in [0.4, 0.5) is 23.1 Å². The summed E-state index contributed by atoms with van der Waals surface area (Å²) in [6, 6.07) is 17.0. The maximum Gasteiger partial charge on any atom is 0.262 e. The molecule has 1 aliphatic heterocycles. The zero-order chi connectivity index (χ0) is 22.3. The molecule has 166 valence electrons. The van der Waals surface area contributed by atoms with Gasteiger partial charge in [-0.2, -0.15) is 4.98 Å². The predicted molar refractivity (Wildman–Crippen MR) is 125 cm³/mol. The van der Waals surface area contributed by atoms with Gasteiger partial charge < -0.3 is 25.0 Å². The number of aromatic nitrogens is 2. The summed E-state index contributed by atoms with van der Waals surface area (Å²) in [4.78, 5) is 23.5. The van der Waals surface area contributed by atoms with Crippen LogP contribution < -0.4 is 20.3 Å². The van der Waals surface area contributed by atoms with Gasteiger partial charge in [-0.05, 0) is 50.2 Å². The number of nitrogens with one attached hydrogen (secondary N) is 2. The van der Waals surface area contributed by atoms with Crippen molar-refractivity contribution >= 4 is 29.0 Å². The van der Waals surface area contributed by atoms with Crippen molar-refractivity contribution in [2.24, 2.45) is 0 Å². The van der Waals surface area contributed by atoms with Crippen molar-refractivity contribution < 1.29 is 14.3 Å². The largest absolute Gasteiger partial charge is 0.484 e. The third-order valence-electron chi connectivity index (χ3n) is 4.99. The number of amides is 1. The standard InChI is InChI=1S/C24H27N5O3/c1-17-3-9-21(10-4-17)32-16-23(30)26-19-5-7-20(8-6-19)27-24-25-18(2)15-22(28-24)29-11-13-31-14-12-29/h3-10,15H,11-14,16H2,1-2H3,(H,26,30)(H,25,27,28). The molecule has 3 aromatic rings. The maximum absolute atomic E-state index is 12.2. The molecule has 8 nitrogen and oxygen atoms in total. The molecule has 0 radical (unpaired) electrons. The number of benzene rings is 2. The third-order valence-corrected chi connectivity index (χ3v) is 4.99. The van der Waals surface area contributed by atoms with Crippen molar-refractivity contribution in [3.63, 3.8) is 0 Å². The van der Waals surface area contributed by atoms with Gasteiger partial charge in [-0.1, -0.05) is 17.7 Å². The first-order valence-corrected chi connectivity index (χ1v) is 10.6. The van der Waals surface area contributed by atoms with E-state index in [0.717, 1.165) is 35.9 Å². The second kappa shape index (κ2) is 10.1. The number of hydrogen-bond donors (Lipinski definition) is 2. The van der Waals surface area contributed by atoms with Crippen molar-refractivity contribution in [2.75, 3.05) is 48.4 Å². The highest BCUT2D eigenvalue weighted by Gasteiger charge is 2.14. The van der Waals surface area contributed by atoms with Gasteiger partial charge in [-0.25, -0.2) is 4.98 Å². The summed E-state index contributed by atoms with van der Waals surface area (Å²) in [6.45, 7) is 6.95. The molecule has 4 rings (SSSR count). The average molecular weight is 434 g/mol. The van der Waals surface area contributed by atoms with Crippen LogP contribution in [-0.4, -0.2) is 48.8 Å². The van der Waals surface area contributed by atoms with Gasteiger partial charge in [0.2, 0.25) is 5.95 Å². The lowest BCUT2D eigenvalue weighted by Crippen LogP contribution is -2.36. The van der Waals surface area contributed by atoms with E-state index in [1.54, 1.807) is 0 Å². The first-order valence-electron chi connectivity index (χ1n) is 10.6. The van der Waals surface area contributed by atoms with Crippen LogP contribution in [0.1, 0.15) is 11.3 Å². The quantitative estimate of drug-likeness (QED) is 0.587. The summed E-state index contributed by atoms with van der Waals surface area (Å²) in [5.74, 6) is 1.87. The Balaban J connectivity index is 1.33. The first kappa shape index (κ1) is 21.6. The molecule has 2 N–H and O–H groups in total. The minimum Gasteiger partial charge on any atom is -0.484 e. The van der Waals surface area contributed by atoms with Crippen LogP contribution in [-0.2, 0) is 9.53 Å². The first-order chi connectivity index (χ1) is 15.5. The molecule has 0 unspecified atom stereocenters. The molecule has 2 aromatic carbocycles. The summed E-state index contributed by atoms with van der Waals surface area (Å²) >= 11 is 0. The highest BCUT2D eigenvalue weighted by atomic mass is 16.5. The Hall–Kier alpha value is -3.65. The average Bonchev–Trinajstić information content (AvgIpc) is 2.80. The zero-order valence-corrected chi connectivity index (χ0v) is 18.3. The maximum atomic E-state index is 12.2. The summed E-state index contributed by atoms with van der Waals surface area (Å²) in [5, 5.41) is 6.07. The Morgan fingerprint density at radius 2 is 1.69 bits per heavy atom. The van der Waals surface area contributed by atoms with E-state index in [2.05, 4.69) is 25.5 Å². The molecule has 32 heavy (non-hydrogen) atoms. The molecule has 1 amide bonds. The Bertz CT molecular complexity index is 1050. The number of hydrogen-bond acceptors (Lipinski definition) is 7. The Morgan fingerprint density at radius 3 is 2.41 bits per heavy atom. The van der Waals surface area contributed by atoms with Gasteiger partial charge in [-0.3, -0.25) is 4.79 Å². The monoisotopic (exact) mass is 433 g/mol. The molecule has 0 spiro atoms. The van der Waals surface area contributed by atoms with E-state index in [9.17, 15) is 4.79 Å². The Morgan fingerprint density at radius 1 is 1.00 bits per heavy atom. The zero-order valence-electron chi connectivity index (χ0n) is 18.3. The number of ether oxygens (including phenoxy) is 2. The number of aryl methyl sites for hydroxylation is 2. The molecular formula is C24H27N5O3. The summed E-state index contributed by atoms with van der Waals surface area (Å²) in [6.07, 6.45) is 0. The number of anilines is 4. The Kier molecular flexibility index (Phi) is 6.81. The van der Waals surface area contributed by atoms with Crippen molar-refractivity contribution in [3.05, 3.63) is 65.9 Å². The molecule has 1 aliphatic rings. The molecule has 0 bridgehead atoms. The highest BCUT2D eigenvalue weighted by Crippen LogP contribution is 2.21. The van der Waals surface area contributed by atoms with Gasteiger partial charge in [0.05, 0.1) is 13.2 Å². The van der Waals surface area contributed by atoms with Crippen molar-refractivity contribution in [1.29, 1.82) is 0 Å². The van der Waals surface area contributed by atoms with E-state index in [1.807, 2.05) is 68.4 Å². The second-order valence-corrected chi connectivity index (χ2v) is 7.64. The van der Waals surface area contributed by atoms with Crippen molar-refractivity contribution in [3.8, 4) is 5.75 Å². The highest BCUT2D eigenvalue weighted by molar-refractivity contribution is 5.92. The second-order valence-electron chi connectivity index (χ2n) is 7.64. The summed E-state index contributed by atoms with van der Waals surface area (Å²) in [5.41, 5.74) is 3.55. The molecule has 1 saturated heterocycles. The SMILES string of the molecule is Cc1ccc(OCC(=O)Nc2ccc(Nc3nc(C)cc(N4CCOCC4)n3)cc2)cc1. The van der Waals surface area contributed by atoms with Crippen LogP contribution in [0.25, 0.3) is 0 Å². The van der Waals surface area contributed by atoms with Crippen LogP contribution in [0.15, 0.2) is 54.6 Å². The molecular weight excluding hydrogens is 406 g/mol. The normalized spacial score (nSPS) is 13.5. The fraction of sp³-hybridized carbons (Fsp3) is 0.292. The molecule has 2 heterocycles. The number of morpholine rings is 1. The number of carbonyl (C=O) groups excluding carboxylic acids is 1. The lowest BCUT2D eigenvalue weighted by Gasteiger charge is -2.28. The molecule has 0 aliphatic carbocycles. The lowest BCUT2D eigenvalue weighted by atomic mass is 10.2. The molecule has 0 atom stereocenters. The van der Waals surface area contributed by atoms with Crippen molar-refractivity contribution in [2.45, 2.75) is 13.8 Å². The third kappa shape index (κ3) is 5.95. The minimum atomic E-state index is -0.219. The van der Waals surface area contributed by atoms with Gasteiger partial charge in [0, 0.05) is 36.2 Å². The topological polar surface area (TPSA) is 88.6 Å². The number of rotatable bonds is 7. The van der Waals surface area contributed by atoms with Gasteiger partial charge in [0.1, 0.15) is 11.6 Å². The smallest absolute Gasteiger partial charge is 0.262 e. The fourth-order valence-electron chi connectivity index (χ4n) is 3.31. The van der Waals surface area contributed by atoms with Gasteiger partial charge in [-0.15, -0.1) is 0 Å². The van der Waals surface area contributed by atoms with Crippen LogP contribution >= 0.6 is 0 Å². The van der Waals surface area contributed by atoms with E-state index in [0.29, 0.717) is 30.6 Å². The van der Waals surface area contributed by atoms with E-state index in [-0.39, 0.29) is 12.5 Å². The van der Waals surface area contributed by atoms with E-state index < -0.39 is 0 Å². The van der Waals surface area contributed by atoms with Crippen LogP contribution in [0.5, 0.6) is 5.75 Å². The molecule has 8 heteroatoms. The van der Waals surface area contributed by atoms with Gasteiger partial charge in [0.25, 0.3) is 5.91 Å². The van der Waals surface area contributed by atoms with E-state index in [1.165, 1.54) is 0 Å². The predicted octanol–water partition coefficient (Wildman–Crippen LogP) is 3.69. The van der Waals surface area contributed by atoms with E-state index >= 15 is 0 Å². The van der Waals surface area contributed by atoms with Crippen molar-refractivity contribution in [1.82, 2.24) is 9.97 Å².